The molecular formula is C15H14N2O3. The fraction of sp³-hybridized carbons (Fsp3) is 0.267. The maximum atomic E-state index is 11.5. The maximum Gasteiger partial charge on any atom is 0.360 e. The van der Waals surface area contributed by atoms with Gasteiger partial charge in [-0.1, -0.05) is 18.2 Å². The minimum Gasteiger partial charge on any atom is -0.461 e. The third-order valence-corrected chi connectivity index (χ3v) is 3.06. The zero-order valence-corrected chi connectivity index (χ0v) is 11.1. The van der Waals surface area contributed by atoms with Crippen LogP contribution in [0.15, 0.2) is 28.9 Å². The number of nitrogens with zero attached hydrogens (tertiary/aromatic N) is 2. The van der Waals surface area contributed by atoms with Gasteiger partial charge in [0.1, 0.15) is 12.0 Å². The SMILES string of the molecule is CCOC(=O)c1coc(-c2ccc3c(n2)CCC=C3)n1. The molecule has 102 valence electrons. The second-order valence-electron chi connectivity index (χ2n) is 4.43. The highest BCUT2D eigenvalue weighted by molar-refractivity contribution is 5.87. The van der Waals surface area contributed by atoms with Crippen molar-refractivity contribution in [3.63, 3.8) is 0 Å². The normalized spacial score (nSPS) is 13.1. The summed E-state index contributed by atoms with van der Waals surface area (Å²) in [6.45, 7) is 2.06. The van der Waals surface area contributed by atoms with E-state index in [1.54, 1.807) is 6.92 Å². The molecule has 20 heavy (non-hydrogen) atoms. The van der Waals surface area contributed by atoms with Gasteiger partial charge in [0.2, 0.25) is 5.89 Å². The smallest absolute Gasteiger partial charge is 0.360 e. The molecule has 2 heterocycles. The van der Waals surface area contributed by atoms with Crippen LogP contribution >= 0.6 is 0 Å². The number of rotatable bonds is 3. The van der Waals surface area contributed by atoms with E-state index in [9.17, 15) is 4.79 Å². The largest absolute Gasteiger partial charge is 0.461 e. The lowest BCUT2D eigenvalue weighted by molar-refractivity contribution is 0.0519. The zero-order chi connectivity index (χ0) is 13.9. The topological polar surface area (TPSA) is 65.2 Å². The van der Waals surface area contributed by atoms with Crippen molar-refractivity contribution in [3.05, 3.63) is 41.4 Å². The Morgan fingerprint density at radius 3 is 3.15 bits per heavy atom. The van der Waals surface area contributed by atoms with Gasteiger partial charge in [-0.3, -0.25) is 0 Å². The molecule has 0 fully saturated rings. The fourth-order valence-electron chi connectivity index (χ4n) is 2.10. The Morgan fingerprint density at radius 1 is 1.40 bits per heavy atom. The van der Waals surface area contributed by atoms with Gasteiger partial charge >= 0.3 is 5.97 Å². The molecule has 0 atom stereocenters. The van der Waals surface area contributed by atoms with E-state index in [1.807, 2.05) is 12.1 Å². The second-order valence-corrected chi connectivity index (χ2v) is 4.43. The van der Waals surface area contributed by atoms with Crippen LogP contribution in [0.3, 0.4) is 0 Å². The summed E-state index contributed by atoms with van der Waals surface area (Å²) >= 11 is 0. The van der Waals surface area contributed by atoms with E-state index in [2.05, 4.69) is 22.1 Å². The Kier molecular flexibility index (Phi) is 3.33. The highest BCUT2D eigenvalue weighted by Crippen LogP contribution is 2.23. The van der Waals surface area contributed by atoms with E-state index in [1.165, 1.54) is 6.26 Å². The van der Waals surface area contributed by atoms with Crippen LogP contribution in [0, 0.1) is 0 Å². The Labute approximate surface area is 116 Å². The van der Waals surface area contributed by atoms with Gasteiger partial charge in [-0.25, -0.2) is 14.8 Å². The monoisotopic (exact) mass is 270 g/mol. The van der Waals surface area contributed by atoms with Crippen molar-refractivity contribution in [2.45, 2.75) is 19.8 Å². The first-order chi connectivity index (χ1) is 9.78. The third-order valence-electron chi connectivity index (χ3n) is 3.06. The van der Waals surface area contributed by atoms with Gasteiger partial charge in [0.15, 0.2) is 5.69 Å². The molecule has 2 aromatic heterocycles. The number of hydrogen-bond donors (Lipinski definition) is 0. The maximum absolute atomic E-state index is 11.5. The van der Waals surface area contributed by atoms with Crippen LogP contribution in [0.4, 0.5) is 0 Å². The summed E-state index contributed by atoms with van der Waals surface area (Å²) in [7, 11) is 0. The molecule has 0 spiro atoms. The van der Waals surface area contributed by atoms with E-state index in [0.29, 0.717) is 18.2 Å². The zero-order valence-electron chi connectivity index (χ0n) is 11.1. The van der Waals surface area contributed by atoms with Crippen molar-refractivity contribution in [3.8, 4) is 11.6 Å². The summed E-state index contributed by atoms with van der Waals surface area (Å²) in [6.07, 6.45) is 7.39. The number of carbonyl (C=O) groups is 1. The molecule has 1 aliphatic rings. The Hall–Kier alpha value is -2.43. The van der Waals surface area contributed by atoms with Gasteiger partial charge in [-0.2, -0.15) is 0 Å². The summed E-state index contributed by atoms with van der Waals surface area (Å²) in [5.74, 6) is -0.145. The average Bonchev–Trinajstić information content (AvgIpc) is 2.97. The van der Waals surface area contributed by atoms with Gasteiger partial charge in [0.05, 0.1) is 6.61 Å². The number of oxazole rings is 1. The lowest BCUT2D eigenvalue weighted by Crippen LogP contribution is -2.05. The van der Waals surface area contributed by atoms with E-state index in [0.717, 1.165) is 24.1 Å². The molecule has 5 nitrogen and oxygen atoms in total. The minimum absolute atomic E-state index is 0.168. The first-order valence-electron chi connectivity index (χ1n) is 6.57. The van der Waals surface area contributed by atoms with Crippen LogP contribution in [0.2, 0.25) is 0 Å². The number of allylic oxidation sites excluding steroid dienone is 1. The number of carbonyl (C=O) groups excluding carboxylic acids is 1. The molecule has 0 N–H and O–H groups in total. The molecule has 1 aliphatic carbocycles. The minimum atomic E-state index is -0.483. The lowest BCUT2D eigenvalue weighted by atomic mass is 10.0. The highest BCUT2D eigenvalue weighted by atomic mass is 16.5. The van der Waals surface area contributed by atoms with E-state index >= 15 is 0 Å². The van der Waals surface area contributed by atoms with E-state index in [4.69, 9.17) is 9.15 Å². The van der Waals surface area contributed by atoms with E-state index in [-0.39, 0.29) is 5.69 Å². The van der Waals surface area contributed by atoms with Gasteiger partial charge in [0, 0.05) is 5.69 Å². The molecule has 0 unspecified atom stereocenters. The van der Waals surface area contributed by atoms with Crippen molar-refractivity contribution in [1.82, 2.24) is 9.97 Å². The number of hydrogen-bond acceptors (Lipinski definition) is 5. The Morgan fingerprint density at radius 2 is 2.30 bits per heavy atom. The highest BCUT2D eigenvalue weighted by Gasteiger charge is 2.16. The quantitative estimate of drug-likeness (QED) is 0.802. The van der Waals surface area contributed by atoms with Crippen LogP contribution in [0.5, 0.6) is 0 Å². The summed E-state index contributed by atoms with van der Waals surface area (Å²) in [4.78, 5) is 20.2. The van der Waals surface area contributed by atoms with E-state index < -0.39 is 5.97 Å². The van der Waals surface area contributed by atoms with Crippen LogP contribution in [-0.2, 0) is 11.2 Å². The van der Waals surface area contributed by atoms with Gasteiger partial charge in [-0.05, 0) is 31.4 Å². The number of fused-ring (bicyclic) bond motifs is 1. The molecule has 0 bridgehead atoms. The van der Waals surface area contributed by atoms with Gasteiger partial charge in [-0.15, -0.1) is 0 Å². The molecule has 0 radical (unpaired) electrons. The number of aromatic nitrogens is 2. The first kappa shape index (κ1) is 12.6. The molecular weight excluding hydrogens is 256 g/mol. The molecule has 5 heteroatoms. The van der Waals surface area contributed by atoms with Crippen LogP contribution in [0.1, 0.15) is 35.1 Å². The average molecular weight is 270 g/mol. The third kappa shape index (κ3) is 2.34. The van der Waals surface area contributed by atoms with Crippen molar-refractivity contribution >= 4 is 12.0 Å². The molecule has 0 aliphatic heterocycles. The summed E-state index contributed by atoms with van der Waals surface area (Å²) in [5.41, 5.74) is 2.95. The van der Waals surface area contributed by atoms with Crippen molar-refractivity contribution in [2.24, 2.45) is 0 Å². The molecule has 2 aromatic rings. The predicted octanol–water partition coefficient (Wildman–Crippen LogP) is 2.87. The molecule has 0 aromatic carbocycles. The Balaban J connectivity index is 1.90. The van der Waals surface area contributed by atoms with Crippen LogP contribution in [-0.4, -0.2) is 22.5 Å². The Bertz CT molecular complexity index is 674. The van der Waals surface area contributed by atoms with Crippen LogP contribution in [0.25, 0.3) is 17.7 Å². The number of ether oxygens (including phenoxy) is 1. The van der Waals surface area contributed by atoms with Crippen LogP contribution < -0.4 is 0 Å². The first-order valence-corrected chi connectivity index (χ1v) is 6.57. The summed E-state index contributed by atoms with van der Waals surface area (Å²) in [5, 5.41) is 0. The molecule has 0 amide bonds. The van der Waals surface area contributed by atoms with Gasteiger partial charge in [0.25, 0.3) is 0 Å². The molecule has 3 rings (SSSR count). The number of pyridine rings is 1. The summed E-state index contributed by atoms with van der Waals surface area (Å²) in [6, 6.07) is 3.83. The second kappa shape index (κ2) is 5.28. The fourth-order valence-corrected chi connectivity index (χ4v) is 2.10. The standard InChI is InChI=1S/C15H14N2O3/c1-2-19-15(18)13-9-20-14(17-13)12-8-7-10-5-3-4-6-11(10)16-12/h3,5,7-9H,2,4,6H2,1H3. The number of aryl methyl sites for hydroxylation is 1. The van der Waals surface area contributed by atoms with Crippen molar-refractivity contribution < 1.29 is 13.9 Å². The lowest BCUT2D eigenvalue weighted by Gasteiger charge is -2.09. The van der Waals surface area contributed by atoms with Crippen molar-refractivity contribution in [2.75, 3.05) is 6.61 Å². The molecule has 0 saturated carbocycles. The predicted molar refractivity (Wildman–Crippen MR) is 73.0 cm³/mol. The molecule has 0 saturated heterocycles. The van der Waals surface area contributed by atoms with Gasteiger partial charge < -0.3 is 9.15 Å². The van der Waals surface area contributed by atoms with Crippen molar-refractivity contribution in [1.29, 1.82) is 0 Å². The number of esters is 1. The summed E-state index contributed by atoms with van der Waals surface area (Å²) < 4.78 is 10.2.